The summed E-state index contributed by atoms with van der Waals surface area (Å²) in [5.74, 6) is -0.865. The Bertz CT molecular complexity index is 197. The van der Waals surface area contributed by atoms with Crippen molar-refractivity contribution in [3.05, 3.63) is 11.1 Å². The van der Waals surface area contributed by atoms with Gasteiger partial charge in [0.05, 0.1) is 0 Å². The summed E-state index contributed by atoms with van der Waals surface area (Å²) in [7, 11) is 0. The van der Waals surface area contributed by atoms with E-state index in [-0.39, 0.29) is 6.04 Å². The zero-order valence-electron chi connectivity index (χ0n) is 7.92. The molecule has 0 spiro atoms. The van der Waals surface area contributed by atoms with Gasteiger partial charge in [0, 0.05) is 11.6 Å². The van der Waals surface area contributed by atoms with Crippen LogP contribution in [0, 0.1) is 0 Å². The van der Waals surface area contributed by atoms with Crippen LogP contribution in [0.5, 0.6) is 0 Å². The fourth-order valence-electron chi connectivity index (χ4n) is 1.19. The van der Waals surface area contributed by atoms with Crippen molar-refractivity contribution in [1.82, 2.24) is 0 Å². The second-order valence-electron chi connectivity index (χ2n) is 2.82. The Balaban J connectivity index is 4.72. The van der Waals surface area contributed by atoms with Crippen LogP contribution in [0.15, 0.2) is 11.1 Å². The standard InChI is InChI=1S/C9H17NO2/c1-4-7(8(10)5-2)6(3)9(11)12/h8H,4-5,10H2,1-3H3,(H,11,12). The molecule has 0 saturated heterocycles. The summed E-state index contributed by atoms with van der Waals surface area (Å²) in [5, 5.41) is 8.71. The van der Waals surface area contributed by atoms with Crippen LogP contribution >= 0.6 is 0 Å². The third kappa shape index (κ3) is 2.66. The van der Waals surface area contributed by atoms with Gasteiger partial charge in [-0.1, -0.05) is 13.8 Å². The van der Waals surface area contributed by atoms with Crippen LogP contribution < -0.4 is 5.73 Å². The largest absolute Gasteiger partial charge is 0.478 e. The first-order valence-electron chi connectivity index (χ1n) is 4.23. The van der Waals surface area contributed by atoms with Crippen LogP contribution in [0.25, 0.3) is 0 Å². The van der Waals surface area contributed by atoms with E-state index >= 15 is 0 Å². The lowest BCUT2D eigenvalue weighted by molar-refractivity contribution is -0.132. The lowest BCUT2D eigenvalue weighted by Crippen LogP contribution is -2.23. The molecule has 0 aromatic heterocycles. The molecule has 0 aliphatic heterocycles. The summed E-state index contributed by atoms with van der Waals surface area (Å²) in [6.07, 6.45) is 1.50. The molecule has 0 heterocycles. The number of hydrogen-bond donors (Lipinski definition) is 2. The predicted octanol–water partition coefficient (Wildman–Crippen LogP) is 1.53. The molecule has 1 atom stereocenters. The third-order valence-electron chi connectivity index (χ3n) is 2.07. The van der Waals surface area contributed by atoms with Crippen LogP contribution in [-0.4, -0.2) is 17.1 Å². The first-order chi connectivity index (χ1) is 5.54. The SMILES string of the molecule is CCC(=C(C)C(=O)O)C(N)CC. The third-order valence-corrected chi connectivity index (χ3v) is 2.07. The molecule has 0 aliphatic carbocycles. The van der Waals surface area contributed by atoms with Gasteiger partial charge in [-0.25, -0.2) is 4.79 Å². The minimum atomic E-state index is -0.865. The molecular weight excluding hydrogens is 154 g/mol. The molecule has 0 saturated carbocycles. The molecule has 0 fully saturated rings. The normalized spacial score (nSPS) is 15.3. The van der Waals surface area contributed by atoms with Gasteiger partial charge in [0.15, 0.2) is 0 Å². The van der Waals surface area contributed by atoms with E-state index in [2.05, 4.69) is 0 Å². The van der Waals surface area contributed by atoms with E-state index in [1.165, 1.54) is 0 Å². The highest BCUT2D eigenvalue weighted by atomic mass is 16.4. The summed E-state index contributed by atoms with van der Waals surface area (Å²) in [4.78, 5) is 10.6. The van der Waals surface area contributed by atoms with Crippen molar-refractivity contribution in [2.24, 2.45) is 5.73 Å². The van der Waals surface area contributed by atoms with Crippen molar-refractivity contribution in [2.75, 3.05) is 0 Å². The Kier molecular flexibility index (Phi) is 4.59. The Morgan fingerprint density at radius 3 is 2.25 bits per heavy atom. The molecule has 70 valence electrons. The first kappa shape index (κ1) is 11.2. The van der Waals surface area contributed by atoms with E-state index in [1.807, 2.05) is 13.8 Å². The van der Waals surface area contributed by atoms with E-state index in [0.29, 0.717) is 12.0 Å². The van der Waals surface area contributed by atoms with Crippen molar-refractivity contribution in [1.29, 1.82) is 0 Å². The minimum absolute atomic E-state index is 0.105. The van der Waals surface area contributed by atoms with Crippen molar-refractivity contribution in [3.63, 3.8) is 0 Å². The van der Waals surface area contributed by atoms with E-state index in [0.717, 1.165) is 12.0 Å². The average molecular weight is 171 g/mol. The smallest absolute Gasteiger partial charge is 0.331 e. The second-order valence-corrected chi connectivity index (χ2v) is 2.82. The van der Waals surface area contributed by atoms with Crippen molar-refractivity contribution in [2.45, 2.75) is 39.7 Å². The Hall–Kier alpha value is -0.830. The fourth-order valence-corrected chi connectivity index (χ4v) is 1.19. The van der Waals surface area contributed by atoms with Gasteiger partial charge < -0.3 is 10.8 Å². The van der Waals surface area contributed by atoms with Gasteiger partial charge in [0.2, 0.25) is 0 Å². The molecule has 0 rings (SSSR count). The van der Waals surface area contributed by atoms with Gasteiger partial charge in [-0.3, -0.25) is 0 Å². The molecule has 3 nitrogen and oxygen atoms in total. The monoisotopic (exact) mass is 171 g/mol. The van der Waals surface area contributed by atoms with Crippen LogP contribution in [0.3, 0.4) is 0 Å². The molecule has 3 N–H and O–H groups in total. The summed E-state index contributed by atoms with van der Waals surface area (Å²) in [6.45, 7) is 5.49. The predicted molar refractivity (Wildman–Crippen MR) is 48.9 cm³/mol. The van der Waals surface area contributed by atoms with Gasteiger partial charge >= 0.3 is 5.97 Å². The number of nitrogens with two attached hydrogens (primary N) is 1. The molecule has 0 aromatic rings. The maximum atomic E-state index is 10.6. The molecule has 0 bridgehead atoms. The van der Waals surface area contributed by atoms with Crippen molar-refractivity contribution in [3.8, 4) is 0 Å². The molecular formula is C9H17NO2. The summed E-state index contributed by atoms with van der Waals surface area (Å²) in [5.41, 5.74) is 6.99. The van der Waals surface area contributed by atoms with Gasteiger partial charge in [0.1, 0.15) is 0 Å². The number of carboxylic acid groups (broad SMARTS) is 1. The van der Waals surface area contributed by atoms with Crippen molar-refractivity contribution < 1.29 is 9.90 Å². The fraction of sp³-hybridized carbons (Fsp3) is 0.667. The molecule has 12 heavy (non-hydrogen) atoms. The van der Waals surface area contributed by atoms with E-state index in [9.17, 15) is 4.79 Å². The highest BCUT2D eigenvalue weighted by Gasteiger charge is 2.12. The molecule has 0 amide bonds. The summed E-state index contributed by atoms with van der Waals surface area (Å²) < 4.78 is 0. The number of aliphatic carboxylic acids is 1. The zero-order chi connectivity index (χ0) is 9.72. The molecule has 0 aromatic carbocycles. The molecule has 0 aliphatic rings. The molecule has 0 radical (unpaired) electrons. The van der Waals surface area contributed by atoms with Gasteiger partial charge in [-0.2, -0.15) is 0 Å². The van der Waals surface area contributed by atoms with Crippen LogP contribution in [-0.2, 0) is 4.79 Å². The minimum Gasteiger partial charge on any atom is -0.478 e. The Labute approximate surface area is 73.3 Å². The Morgan fingerprint density at radius 1 is 1.50 bits per heavy atom. The number of carbonyl (C=O) groups is 1. The number of rotatable bonds is 4. The van der Waals surface area contributed by atoms with Crippen molar-refractivity contribution >= 4 is 5.97 Å². The van der Waals surface area contributed by atoms with Crippen LogP contribution in [0.1, 0.15) is 33.6 Å². The second kappa shape index (κ2) is 4.93. The van der Waals surface area contributed by atoms with Crippen LogP contribution in [0.4, 0.5) is 0 Å². The lowest BCUT2D eigenvalue weighted by atomic mass is 9.98. The quantitative estimate of drug-likeness (QED) is 0.630. The van der Waals surface area contributed by atoms with E-state index in [1.54, 1.807) is 6.92 Å². The highest BCUT2D eigenvalue weighted by Crippen LogP contribution is 2.13. The zero-order valence-corrected chi connectivity index (χ0v) is 7.92. The summed E-state index contributed by atoms with van der Waals surface area (Å²) >= 11 is 0. The maximum Gasteiger partial charge on any atom is 0.331 e. The molecule has 3 heteroatoms. The number of carboxylic acids is 1. The molecule has 1 unspecified atom stereocenters. The lowest BCUT2D eigenvalue weighted by Gasteiger charge is -2.13. The average Bonchev–Trinajstić information content (AvgIpc) is 2.05. The van der Waals surface area contributed by atoms with E-state index in [4.69, 9.17) is 10.8 Å². The van der Waals surface area contributed by atoms with Gasteiger partial charge in [0.25, 0.3) is 0 Å². The van der Waals surface area contributed by atoms with Gasteiger partial charge in [-0.05, 0) is 25.3 Å². The first-order valence-corrected chi connectivity index (χ1v) is 4.23. The topological polar surface area (TPSA) is 63.3 Å². The summed E-state index contributed by atoms with van der Waals surface area (Å²) in [6, 6.07) is -0.105. The van der Waals surface area contributed by atoms with Crippen LogP contribution in [0.2, 0.25) is 0 Å². The number of hydrogen-bond acceptors (Lipinski definition) is 2. The van der Waals surface area contributed by atoms with Gasteiger partial charge in [-0.15, -0.1) is 0 Å². The maximum absolute atomic E-state index is 10.6. The van der Waals surface area contributed by atoms with E-state index < -0.39 is 5.97 Å². The Morgan fingerprint density at radius 2 is 2.00 bits per heavy atom. The highest BCUT2D eigenvalue weighted by molar-refractivity contribution is 5.87.